The van der Waals surface area contributed by atoms with Gasteiger partial charge in [0.05, 0.1) is 23.1 Å². The number of nitrogen functional groups attached to an aromatic ring is 1. The van der Waals surface area contributed by atoms with Crippen LogP contribution in [0.3, 0.4) is 0 Å². The van der Waals surface area contributed by atoms with Gasteiger partial charge in [-0.05, 0) is 50.8 Å². The molecule has 2 aliphatic heterocycles. The summed E-state index contributed by atoms with van der Waals surface area (Å²) in [4.78, 5) is 45.7. The van der Waals surface area contributed by atoms with E-state index in [4.69, 9.17) is 10.7 Å². The smallest absolute Gasteiger partial charge is 0.291 e. The minimum absolute atomic E-state index is 0.0229. The number of pyridine rings is 2. The lowest BCUT2D eigenvalue weighted by Crippen LogP contribution is -2.46. The van der Waals surface area contributed by atoms with E-state index in [2.05, 4.69) is 30.2 Å². The second-order valence-electron chi connectivity index (χ2n) is 10.4. The van der Waals surface area contributed by atoms with E-state index in [1.54, 1.807) is 24.8 Å². The maximum absolute atomic E-state index is 13.1. The molecule has 1 unspecified atom stereocenters. The van der Waals surface area contributed by atoms with Gasteiger partial charge in [-0.25, -0.2) is 9.97 Å². The number of hydrogen-bond donors (Lipinski definition) is 2. The van der Waals surface area contributed by atoms with Gasteiger partial charge in [0.15, 0.2) is 11.4 Å². The summed E-state index contributed by atoms with van der Waals surface area (Å²) in [5, 5.41) is 11.0. The summed E-state index contributed by atoms with van der Waals surface area (Å²) >= 11 is 0. The fourth-order valence-corrected chi connectivity index (χ4v) is 6.30. The van der Waals surface area contributed by atoms with Crippen molar-refractivity contribution in [2.45, 2.75) is 50.6 Å². The van der Waals surface area contributed by atoms with Crippen molar-refractivity contribution in [1.29, 1.82) is 0 Å². The molecule has 7 heterocycles. The van der Waals surface area contributed by atoms with Crippen LogP contribution in [0.1, 0.15) is 65.2 Å². The van der Waals surface area contributed by atoms with Crippen LogP contribution in [0, 0.1) is 0 Å². The number of nitrogens with one attached hydrogen (secondary N) is 1. The molecule has 5 aromatic heterocycles. The Bertz CT molecular complexity index is 1720. The third-order valence-corrected chi connectivity index (χ3v) is 8.09. The fourth-order valence-electron chi connectivity index (χ4n) is 6.30. The molecular weight excluding hydrogens is 508 g/mol. The van der Waals surface area contributed by atoms with Crippen molar-refractivity contribution in [3.05, 3.63) is 72.5 Å². The average molecular weight is 535 g/mol. The molecule has 2 saturated heterocycles. The van der Waals surface area contributed by atoms with E-state index < -0.39 is 0 Å². The number of amides is 1. The van der Waals surface area contributed by atoms with Crippen molar-refractivity contribution in [3.63, 3.8) is 0 Å². The van der Waals surface area contributed by atoms with Gasteiger partial charge in [-0.2, -0.15) is 14.7 Å². The Kier molecular flexibility index (Phi) is 5.61. The molecule has 2 fully saturated rings. The van der Waals surface area contributed by atoms with Crippen molar-refractivity contribution in [2.24, 2.45) is 0 Å². The number of fused-ring (bicyclic) bond motifs is 3. The lowest BCUT2D eigenvalue weighted by Gasteiger charge is -2.38. The van der Waals surface area contributed by atoms with Crippen molar-refractivity contribution < 1.29 is 9.59 Å². The largest absolute Gasteiger partial charge is 0.383 e. The SMILES string of the molecule is CC(=O)c1c(C2C[C@H]3CC[C@@H](C2)N3C(=O)c2ncn[nH]2)nc2c(-c3ccc(-c4ccncc4)nc3)cnn2c1N. The quantitative estimate of drug-likeness (QED) is 0.322. The van der Waals surface area contributed by atoms with Gasteiger partial charge in [-0.1, -0.05) is 6.07 Å². The number of nitrogens with zero attached hydrogens (tertiary/aromatic N) is 8. The molecule has 0 saturated carbocycles. The van der Waals surface area contributed by atoms with Crippen LogP contribution >= 0.6 is 0 Å². The van der Waals surface area contributed by atoms with Crippen LogP contribution in [0.4, 0.5) is 5.82 Å². The van der Waals surface area contributed by atoms with Crippen LogP contribution in [-0.2, 0) is 0 Å². The lowest BCUT2D eigenvalue weighted by molar-refractivity contribution is 0.0556. The summed E-state index contributed by atoms with van der Waals surface area (Å²) in [6.45, 7) is 1.51. The highest BCUT2D eigenvalue weighted by atomic mass is 16.2. The second-order valence-corrected chi connectivity index (χ2v) is 10.4. The summed E-state index contributed by atoms with van der Waals surface area (Å²) in [6.07, 6.45) is 11.5. The maximum atomic E-state index is 13.1. The first kappa shape index (κ1) is 24.1. The topological polar surface area (TPSA) is 161 Å². The number of aromatic amines is 1. The van der Waals surface area contributed by atoms with Crippen LogP contribution < -0.4 is 5.73 Å². The molecule has 2 aliphatic rings. The van der Waals surface area contributed by atoms with Crippen molar-refractivity contribution in [1.82, 2.24) is 44.6 Å². The minimum atomic E-state index is -0.158. The zero-order chi connectivity index (χ0) is 27.4. The third kappa shape index (κ3) is 3.82. The van der Waals surface area contributed by atoms with Crippen LogP contribution in [-0.4, -0.2) is 68.4 Å². The Morgan fingerprint density at radius 3 is 2.42 bits per heavy atom. The normalized spacial score (nSPS) is 20.2. The molecule has 12 heteroatoms. The van der Waals surface area contributed by atoms with Crippen molar-refractivity contribution in [2.75, 3.05) is 5.73 Å². The summed E-state index contributed by atoms with van der Waals surface area (Å²) < 4.78 is 1.53. The molecule has 3 atom stereocenters. The number of carbonyl (C=O) groups excluding carboxylic acids is 2. The first-order valence-corrected chi connectivity index (χ1v) is 13.2. The number of H-pyrrole nitrogens is 1. The summed E-state index contributed by atoms with van der Waals surface area (Å²) in [5.74, 6) is 0.190. The van der Waals surface area contributed by atoms with Crippen LogP contribution in [0.2, 0.25) is 0 Å². The number of Topliss-reactive ketones (excluding diaryl/α,β-unsaturated/α-hetero) is 1. The molecular formula is C28H26N10O2. The van der Waals surface area contributed by atoms with E-state index in [1.165, 1.54) is 17.8 Å². The van der Waals surface area contributed by atoms with E-state index in [0.29, 0.717) is 29.7 Å². The van der Waals surface area contributed by atoms with Crippen LogP contribution in [0.25, 0.3) is 28.0 Å². The highest BCUT2D eigenvalue weighted by molar-refractivity contribution is 6.00. The van der Waals surface area contributed by atoms with Crippen LogP contribution in [0.15, 0.2) is 55.4 Å². The molecule has 12 nitrogen and oxygen atoms in total. The van der Waals surface area contributed by atoms with Gasteiger partial charge in [0.25, 0.3) is 5.91 Å². The second kappa shape index (κ2) is 9.33. The number of ketones is 1. The Morgan fingerprint density at radius 1 is 1.00 bits per heavy atom. The molecule has 200 valence electrons. The van der Waals surface area contributed by atoms with E-state index in [9.17, 15) is 9.59 Å². The number of anilines is 1. The number of piperidine rings is 1. The molecule has 40 heavy (non-hydrogen) atoms. The number of aromatic nitrogens is 8. The molecule has 0 radical (unpaired) electrons. The lowest BCUT2D eigenvalue weighted by atomic mass is 9.85. The molecule has 3 N–H and O–H groups in total. The summed E-state index contributed by atoms with van der Waals surface area (Å²) in [6, 6.07) is 7.79. The van der Waals surface area contributed by atoms with Gasteiger partial charge in [0, 0.05) is 53.3 Å². The number of carbonyl (C=O) groups is 2. The molecule has 0 spiro atoms. The summed E-state index contributed by atoms with van der Waals surface area (Å²) in [7, 11) is 0. The average Bonchev–Trinajstić information content (AvgIpc) is 3.71. The Morgan fingerprint density at radius 2 is 1.77 bits per heavy atom. The van der Waals surface area contributed by atoms with E-state index in [0.717, 1.165) is 35.2 Å². The number of nitrogens with two attached hydrogens (primary N) is 1. The van der Waals surface area contributed by atoms with E-state index >= 15 is 0 Å². The number of hydrogen-bond acceptors (Lipinski definition) is 9. The van der Waals surface area contributed by atoms with Gasteiger partial charge in [-0.3, -0.25) is 24.7 Å². The minimum Gasteiger partial charge on any atom is -0.383 e. The fraction of sp³-hybridized carbons (Fsp3) is 0.286. The van der Waals surface area contributed by atoms with E-state index in [-0.39, 0.29) is 41.3 Å². The molecule has 1 amide bonds. The first-order valence-electron chi connectivity index (χ1n) is 13.2. The molecule has 7 rings (SSSR count). The zero-order valence-electron chi connectivity index (χ0n) is 21.7. The van der Waals surface area contributed by atoms with Crippen molar-refractivity contribution >= 4 is 23.2 Å². The third-order valence-electron chi connectivity index (χ3n) is 8.09. The highest BCUT2D eigenvalue weighted by Gasteiger charge is 2.45. The molecule has 0 aromatic carbocycles. The maximum Gasteiger partial charge on any atom is 0.291 e. The van der Waals surface area contributed by atoms with Crippen molar-refractivity contribution in [3.8, 4) is 22.4 Å². The molecule has 5 aromatic rings. The Hall–Kier alpha value is -5.00. The molecule has 2 bridgehead atoms. The van der Waals surface area contributed by atoms with Crippen LogP contribution in [0.5, 0.6) is 0 Å². The zero-order valence-corrected chi connectivity index (χ0v) is 21.7. The van der Waals surface area contributed by atoms with Gasteiger partial charge in [0.1, 0.15) is 12.1 Å². The summed E-state index contributed by atoms with van der Waals surface area (Å²) in [5.41, 5.74) is 11.6. The first-order chi connectivity index (χ1) is 19.5. The standard InChI is InChI=1S/C28H26N10O2/c1-15(39)23-24(18-10-19-3-4-20(11-18)37(19)28(40)26-32-14-33-36-26)35-27-21(13-34-38(27)25(23)29)17-2-5-22(31-12-17)16-6-8-30-9-7-16/h2,5-9,12-14,18-20H,3-4,10-11,29H2,1H3,(H,32,33,36)/t18?,19-,20+. The Balaban J connectivity index is 1.26. The van der Waals surface area contributed by atoms with Gasteiger partial charge < -0.3 is 10.6 Å². The Labute approximate surface area is 228 Å². The number of rotatable bonds is 5. The van der Waals surface area contributed by atoms with E-state index in [1.807, 2.05) is 29.2 Å². The predicted octanol–water partition coefficient (Wildman–Crippen LogP) is 3.31. The predicted molar refractivity (Wildman–Crippen MR) is 145 cm³/mol. The highest BCUT2D eigenvalue weighted by Crippen LogP contribution is 2.45. The molecule has 0 aliphatic carbocycles. The van der Waals surface area contributed by atoms with Gasteiger partial charge in [0.2, 0.25) is 5.82 Å². The van der Waals surface area contributed by atoms with Gasteiger partial charge >= 0.3 is 0 Å². The van der Waals surface area contributed by atoms with Gasteiger partial charge in [-0.15, -0.1) is 0 Å². The monoisotopic (exact) mass is 534 g/mol.